The third-order valence-corrected chi connectivity index (χ3v) is 4.62. The van der Waals surface area contributed by atoms with E-state index in [4.69, 9.17) is 11.2 Å². The molecule has 1 unspecified atom stereocenters. The number of carbonyl (C=O) groups excluding carboxylic acids is 2. The number of nitrogens with one attached hydrogen (secondary N) is 2. The third kappa shape index (κ3) is 4.12. The molecule has 0 aromatic heterocycles. The van der Waals surface area contributed by atoms with E-state index in [9.17, 15) is 9.59 Å². The Hall–Kier alpha value is -4.04. The molecule has 3 aromatic rings. The number of terminal acetylenes is 1. The molecule has 4 rings (SSSR count). The Morgan fingerprint density at radius 1 is 0.931 bits per heavy atom. The number of anilines is 2. The number of amides is 2. The zero-order valence-corrected chi connectivity index (χ0v) is 15.5. The van der Waals surface area contributed by atoms with Crippen LogP contribution in [0.25, 0.3) is 0 Å². The average Bonchev–Trinajstić information content (AvgIpc) is 3.18. The Bertz CT molecular complexity index is 1110. The van der Waals surface area contributed by atoms with Crippen molar-refractivity contribution in [1.82, 2.24) is 0 Å². The topological polar surface area (TPSA) is 67.4 Å². The van der Waals surface area contributed by atoms with Crippen molar-refractivity contribution in [3.8, 4) is 18.1 Å². The number of carbonyl (C=O) groups is 2. The summed E-state index contributed by atoms with van der Waals surface area (Å²) < 4.78 is 5.71. The Morgan fingerprint density at radius 2 is 1.69 bits per heavy atom. The molecule has 0 saturated carbocycles. The number of fused-ring (bicyclic) bond motifs is 1. The van der Waals surface area contributed by atoms with E-state index < -0.39 is 6.10 Å². The molecule has 0 aliphatic carbocycles. The van der Waals surface area contributed by atoms with E-state index in [1.54, 1.807) is 48.5 Å². The van der Waals surface area contributed by atoms with Gasteiger partial charge in [-0.2, -0.15) is 0 Å². The van der Waals surface area contributed by atoms with Crippen LogP contribution in [0.3, 0.4) is 0 Å². The van der Waals surface area contributed by atoms with E-state index >= 15 is 0 Å². The van der Waals surface area contributed by atoms with Crippen molar-refractivity contribution in [2.24, 2.45) is 0 Å². The quantitative estimate of drug-likeness (QED) is 0.674. The van der Waals surface area contributed by atoms with Gasteiger partial charge in [-0.1, -0.05) is 36.3 Å². The fourth-order valence-corrected chi connectivity index (χ4v) is 3.18. The van der Waals surface area contributed by atoms with Crippen molar-refractivity contribution in [1.29, 1.82) is 0 Å². The molecule has 0 saturated heterocycles. The monoisotopic (exact) mass is 382 g/mol. The van der Waals surface area contributed by atoms with Gasteiger partial charge in [0, 0.05) is 28.9 Å². The molecule has 1 heterocycles. The fourth-order valence-electron chi connectivity index (χ4n) is 3.18. The van der Waals surface area contributed by atoms with Crippen LogP contribution >= 0.6 is 0 Å². The van der Waals surface area contributed by atoms with Gasteiger partial charge in [0.1, 0.15) is 5.75 Å². The molecular formula is C24H18N2O3. The highest BCUT2D eigenvalue weighted by Crippen LogP contribution is 2.28. The van der Waals surface area contributed by atoms with E-state index in [1.165, 1.54) is 0 Å². The summed E-state index contributed by atoms with van der Waals surface area (Å²) in [5.74, 6) is 2.72. The molecular weight excluding hydrogens is 364 g/mol. The Labute approximate surface area is 168 Å². The molecule has 0 bridgehead atoms. The van der Waals surface area contributed by atoms with Crippen LogP contribution in [0, 0.1) is 12.3 Å². The largest absolute Gasteiger partial charge is 0.480 e. The molecule has 1 atom stereocenters. The zero-order valence-electron chi connectivity index (χ0n) is 15.5. The van der Waals surface area contributed by atoms with Gasteiger partial charge in [-0.3, -0.25) is 9.59 Å². The maximum Gasteiger partial charge on any atom is 0.265 e. The summed E-state index contributed by atoms with van der Waals surface area (Å²) in [4.78, 5) is 25.1. The second-order valence-electron chi connectivity index (χ2n) is 6.67. The first-order chi connectivity index (χ1) is 14.1. The van der Waals surface area contributed by atoms with Gasteiger partial charge >= 0.3 is 0 Å². The summed E-state index contributed by atoms with van der Waals surface area (Å²) in [7, 11) is 0. The molecule has 0 spiro atoms. The van der Waals surface area contributed by atoms with Gasteiger partial charge < -0.3 is 15.4 Å². The molecule has 0 fully saturated rings. The number of ether oxygens (including phenoxy) is 1. The molecule has 142 valence electrons. The van der Waals surface area contributed by atoms with Crippen molar-refractivity contribution in [2.45, 2.75) is 12.5 Å². The summed E-state index contributed by atoms with van der Waals surface area (Å²) in [5, 5.41) is 5.63. The number of hydrogen-bond donors (Lipinski definition) is 2. The van der Waals surface area contributed by atoms with Crippen molar-refractivity contribution in [2.75, 3.05) is 10.6 Å². The summed E-state index contributed by atoms with van der Waals surface area (Å²) in [6.45, 7) is 0. The Morgan fingerprint density at radius 3 is 2.48 bits per heavy atom. The van der Waals surface area contributed by atoms with E-state index in [1.807, 2.05) is 24.3 Å². The number of hydrogen-bond acceptors (Lipinski definition) is 3. The first-order valence-electron chi connectivity index (χ1n) is 9.16. The Kier molecular flexibility index (Phi) is 5.00. The van der Waals surface area contributed by atoms with Gasteiger partial charge in [-0.15, -0.1) is 6.42 Å². The zero-order chi connectivity index (χ0) is 20.2. The highest BCUT2D eigenvalue weighted by Gasteiger charge is 2.28. The maximum atomic E-state index is 12.6. The van der Waals surface area contributed by atoms with Crippen LogP contribution in [0.15, 0.2) is 72.8 Å². The molecule has 3 aromatic carbocycles. The lowest BCUT2D eigenvalue weighted by Crippen LogP contribution is -2.31. The second-order valence-corrected chi connectivity index (χ2v) is 6.67. The molecule has 2 N–H and O–H groups in total. The van der Waals surface area contributed by atoms with Crippen LogP contribution in [0.4, 0.5) is 11.4 Å². The van der Waals surface area contributed by atoms with Crippen LogP contribution in [0.5, 0.6) is 5.75 Å². The van der Waals surface area contributed by atoms with E-state index in [-0.39, 0.29) is 11.8 Å². The summed E-state index contributed by atoms with van der Waals surface area (Å²) in [5.41, 5.74) is 3.25. The molecule has 1 aliphatic heterocycles. The minimum atomic E-state index is -0.587. The third-order valence-electron chi connectivity index (χ3n) is 4.62. The highest BCUT2D eigenvalue weighted by atomic mass is 16.5. The lowest BCUT2D eigenvalue weighted by atomic mass is 10.1. The van der Waals surface area contributed by atoms with Gasteiger partial charge in [-0.25, -0.2) is 0 Å². The average molecular weight is 382 g/mol. The minimum absolute atomic E-state index is 0.250. The van der Waals surface area contributed by atoms with Crippen molar-refractivity contribution in [3.63, 3.8) is 0 Å². The van der Waals surface area contributed by atoms with Gasteiger partial charge in [0.05, 0.1) is 0 Å². The first kappa shape index (κ1) is 18.3. The predicted molar refractivity (Wildman–Crippen MR) is 112 cm³/mol. The van der Waals surface area contributed by atoms with Gasteiger partial charge in [0.2, 0.25) is 0 Å². The molecule has 5 nitrogen and oxygen atoms in total. The van der Waals surface area contributed by atoms with Crippen LogP contribution in [-0.2, 0) is 11.2 Å². The SMILES string of the molecule is C#Cc1cccc(NC(=O)c2cccc(NC(=O)C3Cc4ccccc4O3)c2)c1. The van der Waals surface area contributed by atoms with Gasteiger partial charge in [0.25, 0.3) is 11.8 Å². The smallest absolute Gasteiger partial charge is 0.265 e. The fraction of sp³-hybridized carbons (Fsp3) is 0.0833. The lowest BCUT2D eigenvalue weighted by Gasteiger charge is -2.12. The predicted octanol–water partition coefficient (Wildman–Crippen LogP) is 3.86. The van der Waals surface area contributed by atoms with Crippen molar-refractivity contribution >= 4 is 23.2 Å². The lowest BCUT2D eigenvalue weighted by molar-refractivity contribution is -0.122. The summed E-state index contributed by atoms with van der Waals surface area (Å²) in [6, 6.07) is 21.4. The minimum Gasteiger partial charge on any atom is -0.480 e. The van der Waals surface area contributed by atoms with E-state index in [0.717, 1.165) is 11.3 Å². The number of rotatable bonds is 4. The van der Waals surface area contributed by atoms with Crippen molar-refractivity contribution in [3.05, 3.63) is 89.5 Å². The van der Waals surface area contributed by atoms with E-state index in [0.29, 0.717) is 28.9 Å². The van der Waals surface area contributed by atoms with Crippen molar-refractivity contribution < 1.29 is 14.3 Å². The first-order valence-corrected chi connectivity index (χ1v) is 9.16. The van der Waals surface area contributed by atoms with Crippen LogP contribution < -0.4 is 15.4 Å². The highest BCUT2D eigenvalue weighted by molar-refractivity contribution is 6.05. The van der Waals surface area contributed by atoms with E-state index in [2.05, 4.69) is 16.6 Å². The number of para-hydroxylation sites is 1. The molecule has 0 radical (unpaired) electrons. The van der Waals surface area contributed by atoms with Crippen LogP contribution in [0.2, 0.25) is 0 Å². The maximum absolute atomic E-state index is 12.6. The summed E-state index contributed by atoms with van der Waals surface area (Å²) in [6.07, 6.45) is 5.33. The second kappa shape index (κ2) is 7.91. The standard InChI is InChI=1S/C24H18N2O3/c1-2-16-7-5-10-19(13-16)25-23(27)18-9-6-11-20(14-18)26-24(28)22-15-17-8-3-4-12-21(17)29-22/h1,3-14,22H,15H2,(H,25,27)(H,26,28). The molecule has 29 heavy (non-hydrogen) atoms. The molecule has 1 aliphatic rings. The van der Waals surface area contributed by atoms with Gasteiger partial charge in [-0.05, 0) is 48.0 Å². The normalized spacial score (nSPS) is 14.2. The van der Waals surface area contributed by atoms with Crippen LogP contribution in [-0.4, -0.2) is 17.9 Å². The Balaban J connectivity index is 1.43. The summed E-state index contributed by atoms with van der Waals surface area (Å²) >= 11 is 0. The molecule has 2 amide bonds. The van der Waals surface area contributed by atoms with Crippen LogP contribution in [0.1, 0.15) is 21.5 Å². The van der Waals surface area contributed by atoms with Gasteiger partial charge in [0.15, 0.2) is 6.10 Å². The number of benzene rings is 3. The molecule has 5 heteroatoms.